The fourth-order valence-corrected chi connectivity index (χ4v) is 2.08. The Morgan fingerprint density at radius 3 is 2.80 bits per heavy atom. The minimum absolute atomic E-state index is 0.397. The van der Waals surface area contributed by atoms with Crippen LogP contribution in [0.3, 0.4) is 0 Å². The number of hydrogen-bond donors (Lipinski definition) is 1. The van der Waals surface area contributed by atoms with E-state index in [0.717, 1.165) is 38.7 Å². The molecule has 0 amide bonds. The molecule has 90 valence electrons. The molecule has 1 heterocycles. The van der Waals surface area contributed by atoms with Gasteiger partial charge in [0.05, 0.1) is 19.3 Å². The smallest absolute Gasteiger partial charge is 0.0715 e. The second-order valence-corrected chi connectivity index (χ2v) is 4.66. The lowest BCUT2D eigenvalue weighted by molar-refractivity contribution is 0.0151. The maximum atomic E-state index is 5.73. The van der Waals surface area contributed by atoms with Crippen molar-refractivity contribution in [1.82, 2.24) is 5.32 Å². The summed E-state index contributed by atoms with van der Waals surface area (Å²) in [6.45, 7) is 9.79. The van der Waals surface area contributed by atoms with Gasteiger partial charge in [0.25, 0.3) is 0 Å². The molecule has 0 aromatic heterocycles. The highest BCUT2D eigenvalue weighted by atomic mass is 16.5. The standard InChI is InChI=1S/C12H25NO2/c1-4-14-5-6-15-12-8-11(13-9-12)7-10(2)3/h10-13H,4-9H2,1-3H3/t11-,12-/m1/s1. The molecule has 15 heavy (non-hydrogen) atoms. The number of hydrogen-bond acceptors (Lipinski definition) is 3. The van der Waals surface area contributed by atoms with Crippen LogP contribution in [0.4, 0.5) is 0 Å². The molecule has 0 spiro atoms. The molecule has 1 fully saturated rings. The fraction of sp³-hybridized carbons (Fsp3) is 1.00. The van der Waals surface area contributed by atoms with E-state index in [1.165, 1.54) is 6.42 Å². The summed E-state index contributed by atoms with van der Waals surface area (Å²) < 4.78 is 11.0. The van der Waals surface area contributed by atoms with Gasteiger partial charge in [0.15, 0.2) is 0 Å². The van der Waals surface area contributed by atoms with Gasteiger partial charge in [-0.1, -0.05) is 13.8 Å². The van der Waals surface area contributed by atoms with E-state index in [-0.39, 0.29) is 0 Å². The van der Waals surface area contributed by atoms with Crippen molar-refractivity contribution in [2.45, 2.75) is 45.8 Å². The van der Waals surface area contributed by atoms with E-state index < -0.39 is 0 Å². The molecule has 2 atom stereocenters. The lowest BCUT2D eigenvalue weighted by Gasteiger charge is -2.13. The summed E-state index contributed by atoms with van der Waals surface area (Å²) >= 11 is 0. The first kappa shape index (κ1) is 12.9. The number of nitrogens with one attached hydrogen (secondary N) is 1. The first-order valence-electron chi connectivity index (χ1n) is 6.15. The van der Waals surface area contributed by atoms with Crippen molar-refractivity contribution < 1.29 is 9.47 Å². The highest BCUT2D eigenvalue weighted by Gasteiger charge is 2.24. The van der Waals surface area contributed by atoms with Crippen LogP contribution >= 0.6 is 0 Å². The Morgan fingerprint density at radius 2 is 2.13 bits per heavy atom. The largest absolute Gasteiger partial charge is 0.379 e. The maximum Gasteiger partial charge on any atom is 0.0715 e. The normalized spacial score (nSPS) is 26.4. The van der Waals surface area contributed by atoms with Crippen LogP contribution in [0.25, 0.3) is 0 Å². The van der Waals surface area contributed by atoms with Gasteiger partial charge in [0, 0.05) is 19.2 Å². The van der Waals surface area contributed by atoms with Gasteiger partial charge in [0.1, 0.15) is 0 Å². The van der Waals surface area contributed by atoms with Crippen LogP contribution in [0.2, 0.25) is 0 Å². The van der Waals surface area contributed by atoms with Crippen molar-refractivity contribution in [2.75, 3.05) is 26.4 Å². The van der Waals surface area contributed by atoms with Crippen LogP contribution in [0.1, 0.15) is 33.6 Å². The van der Waals surface area contributed by atoms with Gasteiger partial charge in [-0.3, -0.25) is 0 Å². The third-order valence-corrected chi connectivity index (χ3v) is 2.72. The maximum absolute atomic E-state index is 5.73. The van der Waals surface area contributed by atoms with Crippen molar-refractivity contribution in [1.29, 1.82) is 0 Å². The zero-order chi connectivity index (χ0) is 11.1. The van der Waals surface area contributed by atoms with Crippen LogP contribution < -0.4 is 5.32 Å². The second kappa shape index (κ2) is 7.20. The molecule has 1 aliphatic rings. The molecule has 0 aromatic carbocycles. The number of ether oxygens (including phenoxy) is 2. The van der Waals surface area contributed by atoms with E-state index in [2.05, 4.69) is 19.2 Å². The lowest BCUT2D eigenvalue weighted by atomic mass is 10.0. The summed E-state index contributed by atoms with van der Waals surface area (Å²) in [5, 5.41) is 3.51. The van der Waals surface area contributed by atoms with Crippen molar-refractivity contribution in [3.05, 3.63) is 0 Å². The molecule has 0 aromatic rings. The quantitative estimate of drug-likeness (QED) is 0.657. The molecule has 3 nitrogen and oxygen atoms in total. The SMILES string of the molecule is CCOCCO[C@H]1CN[C@H](CC(C)C)C1. The van der Waals surface area contributed by atoms with Crippen LogP contribution in [-0.2, 0) is 9.47 Å². The monoisotopic (exact) mass is 215 g/mol. The Morgan fingerprint density at radius 1 is 1.33 bits per heavy atom. The topological polar surface area (TPSA) is 30.5 Å². The summed E-state index contributed by atoms with van der Waals surface area (Å²) in [6.07, 6.45) is 2.81. The predicted octanol–water partition coefficient (Wildman–Crippen LogP) is 1.82. The molecule has 0 unspecified atom stereocenters. The van der Waals surface area contributed by atoms with Crippen molar-refractivity contribution >= 4 is 0 Å². The van der Waals surface area contributed by atoms with Gasteiger partial charge in [-0.15, -0.1) is 0 Å². The summed E-state index contributed by atoms with van der Waals surface area (Å²) in [5.41, 5.74) is 0. The molecule has 0 saturated carbocycles. The van der Waals surface area contributed by atoms with Gasteiger partial charge in [0.2, 0.25) is 0 Å². The molecule has 1 saturated heterocycles. The molecule has 3 heteroatoms. The fourth-order valence-electron chi connectivity index (χ4n) is 2.08. The Labute approximate surface area is 93.5 Å². The molecule has 1 aliphatic heterocycles. The van der Waals surface area contributed by atoms with E-state index in [4.69, 9.17) is 9.47 Å². The number of rotatable bonds is 7. The van der Waals surface area contributed by atoms with E-state index in [1.807, 2.05) is 6.92 Å². The van der Waals surface area contributed by atoms with Crippen LogP contribution in [0.5, 0.6) is 0 Å². The lowest BCUT2D eigenvalue weighted by Crippen LogP contribution is -2.23. The zero-order valence-corrected chi connectivity index (χ0v) is 10.3. The molecule has 0 radical (unpaired) electrons. The summed E-state index contributed by atoms with van der Waals surface area (Å²) in [5.74, 6) is 0.768. The molecular weight excluding hydrogens is 190 g/mol. The van der Waals surface area contributed by atoms with Crippen LogP contribution in [-0.4, -0.2) is 38.5 Å². The van der Waals surface area contributed by atoms with Crippen molar-refractivity contribution in [3.8, 4) is 0 Å². The Hall–Kier alpha value is -0.120. The second-order valence-electron chi connectivity index (χ2n) is 4.66. The van der Waals surface area contributed by atoms with Crippen LogP contribution in [0.15, 0.2) is 0 Å². The molecule has 0 bridgehead atoms. The van der Waals surface area contributed by atoms with E-state index in [0.29, 0.717) is 12.1 Å². The van der Waals surface area contributed by atoms with Gasteiger partial charge < -0.3 is 14.8 Å². The van der Waals surface area contributed by atoms with E-state index in [9.17, 15) is 0 Å². The Balaban J connectivity index is 2.03. The first-order valence-corrected chi connectivity index (χ1v) is 6.15. The first-order chi connectivity index (χ1) is 7.22. The molecular formula is C12H25NO2. The molecule has 1 N–H and O–H groups in total. The Bertz CT molecular complexity index is 162. The van der Waals surface area contributed by atoms with Crippen LogP contribution in [0, 0.1) is 5.92 Å². The molecule has 0 aliphatic carbocycles. The van der Waals surface area contributed by atoms with E-state index >= 15 is 0 Å². The van der Waals surface area contributed by atoms with E-state index in [1.54, 1.807) is 0 Å². The third kappa shape index (κ3) is 5.50. The average molecular weight is 215 g/mol. The summed E-state index contributed by atoms with van der Waals surface area (Å²) in [4.78, 5) is 0. The Kier molecular flexibility index (Phi) is 6.22. The highest BCUT2D eigenvalue weighted by Crippen LogP contribution is 2.16. The van der Waals surface area contributed by atoms with Crippen molar-refractivity contribution in [2.24, 2.45) is 5.92 Å². The zero-order valence-electron chi connectivity index (χ0n) is 10.3. The van der Waals surface area contributed by atoms with Gasteiger partial charge in [-0.25, -0.2) is 0 Å². The minimum atomic E-state index is 0.397. The highest BCUT2D eigenvalue weighted by molar-refractivity contribution is 4.82. The van der Waals surface area contributed by atoms with Gasteiger partial charge in [-0.05, 0) is 25.7 Å². The van der Waals surface area contributed by atoms with Gasteiger partial charge >= 0.3 is 0 Å². The molecule has 1 rings (SSSR count). The summed E-state index contributed by atoms with van der Waals surface area (Å²) in [7, 11) is 0. The summed E-state index contributed by atoms with van der Waals surface area (Å²) in [6, 6.07) is 0.655. The van der Waals surface area contributed by atoms with Gasteiger partial charge in [-0.2, -0.15) is 0 Å². The van der Waals surface area contributed by atoms with Crippen molar-refractivity contribution in [3.63, 3.8) is 0 Å². The average Bonchev–Trinajstić information content (AvgIpc) is 2.59. The predicted molar refractivity (Wildman–Crippen MR) is 62.1 cm³/mol. The third-order valence-electron chi connectivity index (χ3n) is 2.72. The minimum Gasteiger partial charge on any atom is -0.379 e.